The van der Waals surface area contributed by atoms with Crippen molar-refractivity contribution in [1.29, 1.82) is 0 Å². The highest BCUT2D eigenvalue weighted by atomic mass is 19.1. The van der Waals surface area contributed by atoms with Crippen molar-refractivity contribution in [3.63, 3.8) is 0 Å². The van der Waals surface area contributed by atoms with Gasteiger partial charge in [0.1, 0.15) is 5.82 Å². The van der Waals surface area contributed by atoms with Crippen LogP contribution in [0.25, 0.3) is 16.5 Å². The molecule has 1 aromatic heterocycles. The Labute approximate surface area is 169 Å². The van der Waals surface area contributed by atoms with E-state index in [0.717, 1.165) is 26.1 Å². The van der Waals surface area contributed by atoms with Gasteiger partial charge in [0.05, 0.1) is 11.3 Å². The van der Waals surface area contributed by atoms with E-state index in [9.17, 15) is 14.3 Å². The Morgan fingerprint density at radius 3 is 2.38 bits per heavy atom. The predicted octanol–water partition coefficient (Wildman–Crippen LogP) is 3.99. The molecule has 0 atom stereocenters. The first kappa shape index (κ1) is 20.7. The van der Waals surface area contributed by atoms with Crippen molar-refractivity contribution >= 4 is 17.0 Å². The summed E-state index contributed by atoms with van der Waals surface area (Å²) in [4.78, 5) is 19.8. The highest BCUT2D eigenvalue weighted by Gasteiger charge is 2.16. The average molecular weight is 395 g/mol. The van der Waals surface area contributed by atoms with Gasteiger partial charge in [0.15, 0.2) is 0 Å². The van der Waals surface area contributed by atoms with Crippen molar-refractivity contribution in [3.05, 3.63) is 70.3 Å². The maximum atomic E-state index is 13.3. The molecule has 2 aromatic carbocycles. The Morgan fingerprint density at radius 1 is 1.07 bits per heavy atom. The Balaban J connectivity index is 1.99. The Morgan fingerprint density at radius 2 is 1.72 bits per heavy atom. The zero-order chi connectivity index (χ0) is 20.8. The molecule has 3 rings (SSSR count). The number of hydrogen-bond donors (Lipinski definition) is 1. The molecule has 5 nitrogen and oxygen atoms in total. The number of halogens is 1. The third-order valence-corrected chi connectivity index (χ3v) is 5.06. The van der Waals surface area contributed by atoms with E-state index in [4.69, 9.17) is 0 Å². The molecule has 0 radical (unpaired) electrons. The summed E-state index contributed by atoms with van der Waals surface area (Å²) in [6.45, 7) is 7.87. The topological polar surface area (TPSA) is 57.8 Å². The minimum absolute atomic E-state index is 0.201. The fourth-order valence-corrected chi connectivity index (χ4v) is 3.40. The van der Waals surface area contributed by atoms with E-state index < -0.39 is 5.82 Å². The summed E-state index contributed by atoms with van der Waals surface area (Å²) in [5.74, 6) is -0.607. The molecule has 0 bridgehead atoms. The smallest absolute Gasteiger partial charge is 0.265 e. The van der Waals surface area contributed by atoms with Crippen LogP contribution in [0.2, 0.25) is 0 Å². The number of benzene rings is 2. The normalized spacial score (nSPS) is 11.7. The molecule has 1 heterocycles. The number of pyridine rings is 1. The largest absolute Gasteiger partial charge is 0.494 e. The van der Waals surface area contributed by atoms with Gasteiger partial charge in [0.2, 0.25) is 5.88 Å². The average Bonchev–Trinajstić information content (AvgIpc) is 2.74. The first-order chi connectivity index (χ1) is 14.1. The van der Waals surface area contributed by atoms with Gasteiger partial charge >= 0.3 is 0 Å². The lowest BCUT2D eigenvalue weighted by Crippen LogP contribution is -2.24. The summed E-state index contributed by atoms with van der Waals surface area (Å²) in [5, 5.41) is 12.0. The molecule has 0 aliphatic rings. The number of aromatic hydroxyl groups is 1. The van der Waals surface area contributed by atoms with Crippen LogP contribution in [-0.2, 0) is 0 Å². The number of fused-ring (bicyclic) bond motifs is 1. The molecule has 1 N–H and O–H groups in total. The summed E-state index contributed by atoms with van der Waals surface area (Å²) >= 11 is 0. The van der Waals surface area contributed by atoms with Crippen LogP contribution in [0.1, 0.15) is 25.8 Å². The zero-order valence-corrected chi connectivity index (χ0v) is 16.8. The van der Waals surface area contributed by atoms with E-state index in [1.807, 2.05) is 6.07 Å². The van der Waals surface area contributed by atoms with Gasteiger partial charge in [-0.15, -0.1) is 0 Å². The Hall–Kier alpha value is -2.99. The molecule has 0 fully saturated rings. The minimum atomic E-state index is -0.405. The summed E-state index contributed by atoms with van der Waals surface area (Å²) in [7, 11) is 0. The number of aliphatic imine (C=N–C) groups is 1. The third kappa shape index (κ3) is 4.54. The first-order valence-corrected chi connectivity index (χ1v) is 9.91. The van der Waals surface area contributed by atoms with E-state index in [1.165, 1.54) is 28.8 Å². The van der Waals surface area contributed by atoms with Gasteiger partial charge in [-0.05, 0) is 56.4 Å². The van der Waals surface area contributed by atoms with E-state index in [-0.39, 0.29) is 11.4 Å². The Bertz CT molecular complexity index is 1050. The highest BCUT2D eigenvalue weighted by Crippen LogP contribution is 2.25. The van der Waals surface area contributed by atoms with Gasteiger partial charge in [0.25, 0.3) is 5.56 Å². The first-order valence-electron chi connectivity index (χ1n) is 9.91. The van der Waals surface area contributed by atoms with Crippen LogP contribution < -0.4 is 5.56 Å². The van der Waals surface area contributed by atoms with E-state index in [0.29, 0.717) is 28.6 Å². The van der Waals surface area contributed by atoms with Gasteiger partial charge in [0, 0.05) is 23.5 Å². The van der Waals surface area contributed by atoms with E-state index in [2.05, 4.69) is 23.7 Å². The van der Waals surface area contributed by atoms with Gasteiger partial charge in [-0.1, -0.05) is 32.0 Å². The van der Waals surface area contributed by atoms with Crippen LogP contribution in [0, 0.1) is 5.82 Å². The number of rotatable bonds is 8. The van der Waals surface area contributed by atoms with E-state index in [1.54, 1.807) is 24.4 Å². The summed E-state index contributed by atoms with van der Waals surface area (Å²) in [6, 6.07) is 12.6. The Kier molecular flexibility index (Phi) is 6.77. The van der Waals surface area contributed by atoms with Crippen molar-refractivity contribution in [1.82, 2.24) is 9.47 Å². The van der Waals surface area contributed by atoms with Crippen molar-refractivity contribution in [2.45, 2.75) is 20.3 Å². The minimum Gasteiger partial charge on any atom is -0.494 e. The van der Waals surface area contributed by atoms with E-state index >= 15 is 0 Å². The van der Waals surface area contributed by atoms with Crippen molar-refractivity contribution < 1.29 is 9.50 Å². The number of hydrogen-bond acceptors (Lipinski definition) is 4. The van der Waals surface area contributed by atoms with Crippen LogP contribution in [-0.4, -0.2) is 47.0 Å². The van der Waals surface area contributed by atoms with Crippen LogP contribution in [0.4, 0.5) is 4.39 Å². The molecule has 6 heteroatoms. The third-order valence-electron chi connectivity index (χ3n) is 5.06. The molecule has 152 valence electrons. The van der Waals surface area contributed by atoms with Crippen LogP contribution in [0.15, 0.2) is 58.3 Å². The lowest BCUT2D eigenvalue weighted by atomic mass is 10.1. The highest BCUT2D eigenvalue weighted by molar-refractivity contribution is 6.01. The SMILES string of the molecule is CCN(CC)CCCN=Cc1c(O)n(-c2ccc(F)cc2)c(=O)c2ccccc12. The summed E-state index contributed by atoms with van der Waals surface area (Å²) < 4.78 is 14.5. The standard InChI is InChI=1S/C23H26FN3O2/c1-3-26(4-2)15-7-14-25-16-21-19-8-5-6-9-20(19)22(28)27(23(21)29)18-12-10-17(24)11-13-18/h5-6,8-13,16,29H,3-4,7,14-15H2,1-2H3. The van der Waals surface area contributed by atoms with Gasteiger partial charge in [-0.2, -0.15) is 0 Å². The van der Waals surface area contributed by atoms with Gasteiger partial charge in [-0.25, -0.2) is 8.96 Å². The fourth-order valence-electron chi connectivity index (χ4n) is 3.40. The molecule has 0 amide bonds. The second-order valence-electron chi connectivity index (χ2n) is 6.82. The second kappa shape index (κ2) is 9.47. The lowest BCUT2D eigenvalue weighted by Gasteiger charge is -2.16. The molecule has 0 aliphatic carbocycles. The lowest BCUT2D eigenvalue weighted by molar-refractivity contribution is 0.302. The van der Waals surface area contributed by atoms with Crippen molar-refractivity contribution in [2.24, 2.45) is 4.99 Å². The molecule has 0 saturated heterocycles. The van der Waals surface area contributed by atoms with Crippen molar-refractivity contribution in [2.75, 3.05) is 26.2 Å². The number of nitrogens with zero attached hydrogens (tertiary/aromatic N) is 3. The van der Waals surface area contributed by atoms with Crippen LogP contribution >= 0.6 is 0 Å². The molecule has 0 spiro atoms. The fraction of sp³-hybridized carbons (Fsp3) is 0.304. The summed E-state index contributed by atoms with van der Waals surface area (Å²) in [6.07, 6.45) is 2.54. The molecule has 0 aliphatic heterocycles. The quantitative estimate of drug-likeness (QED) is 0.464. The molecule has 0 unspecified atom stereocenters. The second-order valence-corrected chi connectivity index (χ2v) is 6.82. The molecular weight excluding hydrogens is 369 g/mol. The van der Waals surface area contributed by atoms with Crippen LogP contribution in [0.3, 0.4) is 0 Å². The van der Waals surface area contributed by atoms with Crippen molar-refractivity contribution in [3.8, 4) is 11.6 Å². The monoisotopic (exact) mass is 395 g/mol. The number of aromatic nitrogens is 1. The molecule has 29 heavy (non-hydrogen) atoms. The van der Waals surface area contributed by atoms with Gasteiger partial charge in [-0.3, -0.25) is 9.79 Å². The zero-order valence-electron chi connectivity index (χ0n) is 16.8. The molecular formula is C23H26FN3O2. The predicted molar refractivity (Wildman–Crippen MR) is 116 cm³/mol. The maximum absolute atomic E-state index is 13.3. The summed E-state index contributed by atoms with van der Waals surface area (Å²) in [5.41, 5.74) is 0.520. The maximum Gasteiger partial charge on any atom is 0.265 e. The van der Waals surface area contributed by atoms with Crippen LogP contribution in [0.5, 0.6) is 5.88 Å². The van der Waals surface area contributed by atoms with Gasteiger partial charge < -0.3 is 10.0 Å². The molecule has 0 saturated carbocycles. The molecule has 3 aromatic rings.